The normalized spacial score (nSPS) is 20.7. The van der Waals surface area contributed by atoms with Crippen LogP contribution in [0.1, 0.15) is 41.3 Å². The fraction of sp³-hybridized carbons (Fsp3) is 0.471. The molecule has 2 rings (SSSR count). The largest absolute Gasteiger partial charge is 0.384 e. The second kappa shape index (κ2) is 7.02. The number of thioether (sulfide) groups is 1. The van der Waals surface area contributed by atoms with Gasteiger partial charge >= 0.3 is 0 Å². The van der Waals surface area contributed by atoms with Crippen molar-refractivity contribution in [3.05, 3.63) is 34.9 Å². The molecule has 1 saturated heterocycles. The molecule has 1 heterocycles. The van der Waals surface area contributed by atoms with Crippen molar-refractivity contribution >= 4 is 17.7 Å². The number of aliphatic hydroxyl groups excluding tert-OH is 1. The van der Waals surface area contributed by atoms with E-state index in [4.69, 9.17) is 5.11 Å². The third-order valence-corrected chi connectivity index (χ3v) is 5.18. The number of nitrogens with one attached hydrogen (secondary N) is 1. The molecule has 0 saturated carbocycles. The number of hydrogen-bond donors (Lipinski definition) is 2. The summed E-state index contributed by atoms with van der Waals surface area (Å²) in [5.41, 5.74) is 2.30. The zero-order valence-corrected chi connectivity index (χ0v) is 13.3. The number of carbonyl (C=O) groups excluding carboxylic acids is 1. The molecule has 0 aliphatic carbocycles. The molecule has 1 unspecified atom stereocenters. The summed E-state index contributed by atoms with van der Waals surface area (Å²) in [5, 5.41) is 11.9. The Hall–Kier alpha value is -1.44. The lowest BCUT2D eigenvalue weighted by Gasteiger charge is -2.23. The van der Waals surface area contributed by atoms with Gasteiger partial charge in [-0.25, -0.2) is 0 Å². The van der Waals surface area contributed by atoms with Gasteiger partial charge in [-0.1, -0.05) is 17.9 Å². The Balaban J connectivity index is 2.11. The minimum absolute atomic E-state index is 0.0917. The highest BCUT2D eigenvalue weighted by atomic mass is 32.2. The van der Waals surface area contributed by atoms with Crippen molar-refractivity contribution < 1.29 is 9.90 Å². The third-order valence-electron chi connectivity index (χ3n) is 3.65. The van der Waals surface area contributed by atoms with Crippen LogP contribution in [-0.4, -0.2) is 34.7 Å². The standard InChI is InChI=1S/C17H21NO2S/c1-13-6-7-15(14(11-13)5-3-9-19)16(20)18-12-17(2)8-4-10-21-17/h6-7,11,19H,4,8-10,12H2,1-2H3,(H,18,20). The van der Waals surface area contributed by atoms with Crippen LogP contribution in [-0.2, 0) is 0 Å². The summed E-state index contributed by atoms with van der Waals surface area (Å²) in [7, 11) is 0. The number of carbonyl (C=O) groups is 1. The zero-order chi connectivity index (χ0) is 15.3. The van der Waals surface area contributed by atoms with E-state index in [0.29, 0.717) is 17.7 Å². The average Bonchev–Trinajstić information content (AvgIpc) is 2.90. The highest BCUT2D eigenvalue weighted by Crippen LogP contribution is 2.37. The van der Waals surface area contributed by atoms with E-state index in [1.54, 1.807) is 6.07 Å². The lowest BCUT2D eigenvalue weighted by atomic mass is 10.0. The molecular formula is C17H21NO2S. The van der Waals surface area contributed by atoms with E-state index in [-0.39, 0.29) is 17.3 Å². The van der Waals surface area contributed by atoms with E-state index in [9.17, 15) is 4.79 Å². The average molecular weight is 303 g/mol. The summed E-state index contributed by atoms with van der Waals surface area (Å²) < 4.78 is 0.150. The summed E-state index contributed by atoms with van der Waals surface area (Å²) in [6, 6.07) is 5.59. The van der Waals surface area contributed by atoms with Crippen LogP contribution in [0.5, 0.6) is 0 Å². The molecule has 2 N–H and O–H groups in total. The molecule has 0 aromatic heterocycles. The number of amides is 1. The van der Waals surface area contributed by atoms with Crippen LogP contribution in [0.4, 0.5) is 0 Å². The van der Waals surface area contributed by atoms with Gasteiger partial charge in [0.1, 0.15) is 6.61 Å². The summed E-state index contributed by atoms with van der Waals surface area (Å²) in [4.78, 5) is 12.4. The van der Waals surface area contributed by atoms with Gasteiger partial charge in [-0.2, -0.15) is 11.8 Å². The molecule has 1 atom stereocenters. The maximum absolute atomic E-state index is 12.4. The number of hydrogen-bond acceptors (Lipinski definition) is 3. The lowest BCUT2D eigenvalue weighted by Crippen LogP contribution is -2.37. The van der Waals surface area contributed by atoms with Crippen LogP contribution in [0, 0.1) is 18.8 Å². The Labute approximate surface area is 130 Å². The molecule has 3 nitrogen and oxygen atoms in total. The zero-order valence-electron chi connectivity index (χ0n) is 12.5. The fourth-order valence-corrected chi connectivity index (χ4v) is 3.68. The topological polar surface area (TPSA) is 49.3 Å². The van der Waals surface area contributed by atoms with Crippen LogP contribution in [0.15, 0.2) is 18.2 Å². The Kier molecular flexibility index (Phi) is 5.33. The van der Waals surface area contributed by atoms with Crippen LogP contribution in [0.25, 0.3) is 0 Å². The molecule has 0 bridgehead atoms. The number of aryl methyl sites for hydroxylation is 1. The molecule has 1 aromatic rings. The van der Waals surface area contributed by atoms with E-state index < -0.39 is 0 Å². The van der Waals surface area contributed by atoms with E-state index in [1.807, 2.05) is 30.8 Å². The van der Waals surface area contributed by atoms with Crippen molar-refractivity contribution in [1.82, 2.24) is 5.32 Å². The van der Waals surface area contributed by atoms with Gasteiger partial charge in [-0.15, -0.1) is 0 Å². The highest BCUT2D eigenvalue weighted by Gasteiger charge is 2.29. The van der Waals surface area contributed by atoms with Gasteiger partial charge in [0.05, 0.1) is 5.56 Å². The lowest BCUT2D eigenvalue weighted by molar-refractivity contribution is 0.0949. The minimum atomic E-state index is -0.205. The Morgan fingerprint density at radius 3 is 3.00 bits per heavy atom. The maximum Gasteiger partial charge on any atom is 0.252 e. The van der Waals surface area contributed by atoms with Gasteiger partial charge in [-0.3, -0.25) is 4.79 Å². The van der Waals surface area contributed by atoms with Gasteiger partial charge < -0.3 is 10.4 Å². The molecule has 0 spiro atoms. The first-order chi connectivity index (χ1) is 10.0. The molecular weight excluding hydrogens is 282 g/mol. The summed E-state index contributed by atoms with van der Waals surface area (Å²) in [6.45, 7) is 4.63. The predicted molar refractivity (Wildman–Crippen MR) is 87.6 cm³/mol. The molecule has 1 aromatic carbocycles. The summed E-state index contributed by atoms with van der Waals surface area (Å²) in [5.74, 6) is 6.55. The molecule has 1 aliphatic heterocycles. The van der Waals surface area contributed by atoms with E-state index in [2.05, 4.69) is 24.1 Å². The first-order valence-corrected chi connectivity index (χ1v) is 8.15. The summed E-state index contributed by atoms with van der Waals surface area (Å²) >= 11 is 1.93. The van der Waals surface area contributed by atoms with Gasteiger partial charge in [0.15, 0.2) is 0 Å². The molecule has 1 amide bonds. The highest BCUT2D eigenvalue weighted by molar-refractivity contribution is 8.00. The number of rotatable bonds is 3. The maximum atomic E-state index is 12.4. The van der Waals surface area contributed by atoms with Crippen LogP contribution in [0.2, 0.25) is 0 Å². The van der Waals surface area contributed by atoms with Crippen LogP contribution < -0.4 is 5.32 Å². The van der Waals surface area contributed by atoms with Crippen molar-refractivity contribution in [3.8, 4) is 11.8 Å². The fourth-order valence-electron chi connectivity index (χ4n) is 2.43. The molecule has 1 aliphatic rings. The Bertz CT molecular complexity index is 580. The van der Waals surface area contributed by atoms with Gasteiger partial charge in [0.25, 0.3) is 5.91 Å². The molecule has 1 fully saturated rings. The Morgan fingerprint density at radius 1 is 1.52 bits per heavy atom. The van der Waals surface area contributed by atoms with E-state index >= 15 is 0 Å². The van der Waals surface area contributed by atoms with Crippen LogP contribution >= 0.6 is 11.8 Å². The van der Waals surface area contributed by atoms with Crippen molar-refractivity contribution in [2.45, 2.75) is 31.4 Å². The van der Waals surface area contributed by atoms with E-state index in [1.165, 1.54) is 12.2 Å². The van der Waals surface area contributed by atoms with Gasteiger partial charge in [0.2, 0.25) is 0 Å². The number of aliphatic hydroxyl groups is 1. The molecule has 112 valence electrons. The van der Waals surface area contributed by atoms with Gasteiger partial charge in [0, 0.05) is 16.9 Å². The molecule has 4 heteroatoms. The van der Waals surface area contributed by atoms with Crippen LogP contribution in [0.3, 0.4) is 0 Å². The van der Waals surface area contributed by atoms with Crippen molar-refractivity contribution in [1.29, 1.82) is 0 Å². The third kappa shape index (κ3) is 4.26. The monoisotopic (exact) mass is 303 g/mol. The SMILES string of the molecule is Cc1ccc(C(=O)NCC2(C)CCCS2)c(C#CCO)c1. The van der Waals surface area contributed by atoms with Crippen molar-refractivity contribution in [3.63, 3.8) is 0 Å². The van der Waals surface area contributed by atoms with Crippen molar-refractivity contribution in [2.75, 3.05) is 18.9 Å². The summed E-state index contributed by atoms with van der Waals surface area (Å²) in [6.07, 6.45) is 2.36. The predicted octanol–water partition coefficient (Wildman–Crippen LogP) is 2.35. The first kappa shape index (κ1) is 15.9. The second-order valence-electron chi connectivity index (χ2n) is 5.59. The molecule has 0 radical (unpaired) electrons. The smallest absolute Gasteiger partial charge is 0.252 e. The second-order valence-corrected chi connectivity index (χ2v) is 7.28. The minimum Gasteiger partial charge on any atom is -0.384 e. The quantitative estimate of drug-likeness (QED) is 0.843. The van der Waals surface area contributed by atoms with Crippen molar-refractivity contribution in [2.24, 2.45) is 0 Å². The Morgan fingerprint density at radius 2 is 2.33 bits per heavy atom. The first-order valence-electron chi connectivity index (χ1n) is 7.17. The van der Waals surface area contributed by atoms with E-state index in [0.717, 1.165) is 12.0 Å². The molecule has 21 heavy (non-hydrogen) atoms. The van der Waals surface area contributed by atoms with Gasteiger partial charge in [-0.05, 0) is 50.1 Å². The number of benzene rings is 1.